The Kier molecular flexibility index (Phi) is 5.86. The maximum atomic E-state index is 13.1. The first-order valence-corrected chi connectivity index (χ1v) is 9.39. The number of amides is 1. The number of hydrogen-bond acceptors (Lipinski definition) is 4. The van der Waals surface area contributed by atoms with E-state index in [1.54, 1.807) is 0 Å². The summed E-state index contributed by atoms with van der Waals surface area (Å²) < 4.78 is 6.00. The van der Waals surface area contributed by atoms with E-state index >= 15 is 0 Å². The number of ether oxygens (including phenoxy) is 1. The topological polar surface area (TPSA) is 55.3 Å². The monoisotopic (exact) mass is 353 g/mol. The normalized spacial score (nSPS) is 18.4. The summed E-state index contributed by atoms with van der Waals surface area (Å²) in [5, 5.41) is 0. The standard InChI is InChI=1S/C21H27N3O2/c1-4-19(17-9-6-5-7-10-17)20(25)24-12-8-11-18(14-24)26-21-22-15(2)13-16(3)23-21/h5-7,9-10,13,18-19H,4,8,11-12,14H2,1-3H3. The fourth-order valence-corrected chi connectivity index (χ4v) is 3.59. The summed E-state index contributed by atoms with van der Waals surface area (Å²) in [6.45, 7) is 7.32. The third kappa shape index (κ3) is 4.40. The Balaban J connectivity index is 1.68. The third-order valence-electron chi connectivity index (χ3n) is 4.83. The molecule has 1 aromatic carbocycles. The SMILES string of the molecule is CCC(C(=O)N1CCCC(Oc2nc(C)cc(C)n2)C1)c1ccccc1. The second-order valence-corrected chi connectivity index (χ2v) is 6.97. The van der Waals surface area contributed by atoms with Crippen molar-refractivity contribution in [1.29, 1.82) is 0 Å². The highest BCUT2D eigenvalue weighted by molar-refractivity contribution is 5.83. The van der Waals surface area contributed by atoms with Crippen LogP contribution in [0.2, 0.25) is 0 Å². The van der Waals surface area contributed by atoms with Gasteiger partial charge < -0.3 is 9.64 Å². The van der Waals surface area contributed by atoms with Crippen LogP contribution in [-0.2, 0) is 4.79 Å². The number of nitrogens with zero attached hydrogens (tertiary/aromatic N) is 3. The predicted octanol–water partition coefficient (Wildman–Crippen LogP) is 3.66. The predicted molar refractivity (Wildman–Crippen MR) is 101 cm³/mol. The van der Waals surface area contributed by atoms with E-state index in [9.17, 15) is 4.79 Å². The summed E-state index contributed by atoms with van der Waals surface area (Å²) in [5.41, 5.74) is 2.87. The lowest BCUT2D eigenvalue weighted by atomic mass is 9.94. The Labute approximate surface area is 155 Å². The van der Waals surface area contributed by atoms with Crippen LogP contribution in [0.4, 0.5) is 0 Å². The van der Waals surface area contributed by atoms with Crippen LogP contribution in [0.5, 0.6) is 6.01 Å². The molecule has 5 heteroatoms. The number of piperidine rings is 1. The molecule has 2 aromatic rings. The van der Waals surface area contributed by atoms with Crippen molar-refractivity contribution < 1.29 is 9.53 Å². The minimum atomic E-state index is -0.0904. The quantitative estimate of drug-likeness (QED) is 0.823. The van der Waals surface area contributed by atoms with Gasteiger partial charge in [-0.2, -0.15) is 0 Å². The van der Waals surface area contributed by atoms with Crippen molar-refractivity contribution in [2.24, 2.45) is 0 Å². The van der Waals surface area contributed by atoms with Crippen LogP contribution in [-0.4, -0.2) is 40.0 Å². The summed E-state index contributed by atoms with van der Waals surface area (Å²) in [7, 11) is 0. The Morgan fingerprint density at radius 1 is 1.23 bits per heavy atom. The van der Waals surface area contributed by atoms with Crippen LogP contribution in [0.15, 0.2) is 36.4 Å². The zero-order valence-electron chi connectivity index (χ0n) is 15.8. The van der Waals surface area contributed by atoms with Crippen molar-refractivity contribution in [2.45, 2.75) is 52.1 Å². The first-order valence-electron chi connectivity index (χ1n) is 9.39. The molecule has 1 amide bonds. The van der Waals surface area contributed by atoms with Gasteiger partial charge in [-0.15, -0.1) is 0 Å². The van der Waals surface area contributed by atoms with Crippen LogP contribution in [0, 0.1) is 13.8 Å². The van der Waals surface area contributed by atoms with Crippen molar-refractivity contribution in [3.63, 3.8) is 0 Å². The van der Waals surface area contributed by atoms with Gasteiger partial charge in [0, 0.05) is 17.9 Å². The molecule has 0 radical (unpaired) electrons. The Hall–Kier alpha value is -2.43. The molecule has 0 saturated carbocycles. The fourth-order valence-electron chi connectivity index (χ4n) is 3.59. The van der Waals surface area contributed by atoms with Crippen molar-refractivity contribution >= 4 is 5.91 Å². The van der Waals surface area contributed by atoms with Crippen LogP contribution in [0.1, 0.15) is 49.1 Å². The lowest BCUT2D eigenvalue weighted by molar-refractivity contribution is -0.135. The number of hydrogen-bond donors (Lipinski definition) is 0. The summed E-state index contributed by atoms with van der Waals surface area (Å²) in [4.78, 5) is 23.7. The second kappa shape index (κ2) is 8.30. The lowest BCUT2D eigenvalue weighted by Crippen LogP contribution is -2.46. The van der Waals surface area contributed by atoms with E-state index < -0.39 is 0 Å². The molecule has 1 saturated heterocycles. The second-order valence-electron chi connectivity index (χ2n) is 6.97. The van der Waals surface area contributed by atoms with Gasteiger partial charge in [0.25, 0.3) is 0 Å². The van der Waals surface area contributed by atoms with Crippen molar-refractivity contribution in [3.8, 4) is 6.01 Å². The molecule has 138 valence electrons. The summed E-state index contributed by atoms with van der Waals surface area (Å²) in [6.07, 6.45) is 2.60. The zero-order valence-corrected chi connectivity index (χ0v) is 15.8. The lowest BCUT2D eigenvalue weighted by Gasteiger charge is -2.34. The Morgan fingerprint density at radius 3 is 2.58 bits per heavy atom. The molecule has 0 aliphatic carbocycles. The van der Waals surface area contributed by atoms with Gasteiger partial charge in [-0.25, -0.2) is 9.97 Å². The Morgan fingerprint density at radius 2 is 1.92 bits per heavy atom. The molecular weight excluding hydrogens is 326 g/mol. The highest BCUT2D eigenvalue weighted by Crippen LogP contribution is 2.25. The maximum Gasteiger partial charge on any atom is 0.317 e. The van der Waals surface area contributed by atoms with Gasteiger partial charge >= 0.3 is 6.01 Å². The zero-order chi connectivity index (χ0) is 18.5. The van der Waals surface area contributed by atoms with Crippen LogP contribution in [0.3, 0.4) is 0 Å². The molecule has 5 nitrogen and oxygen atoms in total. The Bertz CT molecular complexity index is 728. The number of carbonyl (C=O) groups is 1. The van der Waals surface area contributed by atoms with E-state index in [0.29, 0.717) is 12.6 Å². The van der Waals surface area contributed by atoms with Crippen LogP contribution >= 0.6 is 0 Å². The summed E-state index contributed by atoms with van der Waals surface area (Å²) >= 11 is 0. The van der Waals surface area contributed by atoms with Gasteiger partial charge in [-0.1, -0.05) is 37.3 Å². The molecule has 0 bridgehead atoms. The molecule has 2 unspecified atom stereocenters. The molecule has 2 atom stereocenters. The third-order valence-corrected chi connectivity index (χ3v) is 4.83. The largest absolute Gasteiger partial charge is 0.458 e. The van der Waals surface area contributed by atoms with E-state index in [4.69, 9.17) is 4.74 Å². The molecule has 0 N–H and O–H groups in total. The van der Waals surface area contributed by atoms with Gasteiger partial charge in [-0.3, -0.25) is 4.79 Å². The first kappa shape index (κ1) is 18.4. The van der Waals surface area contributed by atoms with E-state index in [1.807, 2.05) is 55.1 Å². The first-order chi connectivity index (χ1) is 12.6. The number of aromatic nitrogens is 2. The molecule has 3 rings (SSSR count). The smallest absolute Gasteiger partial charge is 0.317 e. The summed E-state index contributed by atoms with van der Waals surface area (Å²) in [6, 6.07) is 12.4. The number of benzene rings is 1. The van der Waals surface area contributed by atoms with Crippen LogP contribution < -0.4 is 4.74 Å². The highest BCUT2D eigenvalue weighted by Gasteiger charge is 2.30. The fraction of sp³-hybridized carbons (Fsp3) is 0.476. The molecule has 0 spiro atoms. The molecule has 1 fully saturated rings. The van der Waals surface area contributed by atoms with Gasteiger partial charge in [-0.05, 0) is 44.7 Å². The molecular formula is C21H27N3O2. The van der Waals surface area contributed by atoms with E-state index in [-0.39, 0.29) is 17.9 Å². The number of rotatable bonds is 5. The molecule has 1 aliphatic heterocycles. The van der Waals surface area contributed by atoms with Crippen LogP contribution in [0.25, 0.3) is 0 Å². The van der Waals surface area contributed by atoms with Gasteiger partial charge in [0.2, 0.25) is 5.91 Å². The van der Waals surface area contributed by atoms with Gasteiger partial charge in [0.1, 0.15) is 6.10 Å². The number of carbonyl (C=O) groups excluding carboxylic acids is 1. The van der Waals surface area contributed by atoms with Crippen molar-refractivity contribution in [1.82, 2.24) is 14.9 Å². The molecule has 26 heavy (non-hydrogen) atoms. The molecule has 1 aromatic heterocycles. The molecule has 2 heterocycles. The van der Waals surface area contributed by atoms with E-state index in [1.165, 1.54) is 0 Å². The highest BCUT2D eigenvalue weighted by atomic mass is 16.5. The minimum absolute atomic E-state index is 0.0535. The molecule has 1 aliphatic rings. The van der Waals surface area contributed by atoms with Gasteiger partial charge in [0.05, 0.1) is 12.5 Å². The average molecular weight is 353 g/mol. The minimum Gasteiger partial charge on any atom is -0.458 e. The van der Waals surface area contributed by atoms with Crippen molar-refractivity contribution in [2.75, 3.05) is 13.1 Å². The van der Waals surface area contributed by atoms with E-state index in [2.05, 4.69) is 16.9 Å². The van der Waals surface area contributed by atoms with Crippen molar-refractivity contribution in [3.05, 3.63) is 53.3 Å². The average Bonchev–Trinajstić information content (AvgIpc) is 2.62. The number of likely N-dealkylation sites (tertiary alicyclic amines) is 1. The van der Waals surface area contributed by atoms with Gasteiger partial charge in [0.15, 0.2) is 0 Å². The van der Waals surface area contributed by atoms with E-state index in [0.717, 1.165) is 42.8 Å². The maximum absolute atomic E-state index is 13.1. The number of aryl methyl sites for hydroxylation is 2. The summed E-state index contributed by atoms with van der Waals surface area (Å²) in [5.74, 6) is 0.0979.